The quantitative estimate of drug-likeness (QED) is 0.720. The molecule has 0 radical (unpaired) electrons. The van der Waals surface area contributed by atoms with Crippen LogP contribution in [0.25, 0.3) is 10.8 Å². The molecule has 18 heavy (non-hydrogen) atoms. The average Bonchev–Trinajstić information content (AvgIpc) is 3.07. The van der Waals surface area contributed by atoms with Crippen LogP contribution in [0.5, 0.6) is 6.08 Å². The maximum Gasteiger partial charge on any atom is 0.417 e. The Bertz CT molecular complexity index is 630. The molecule has 3 heterocycles. The monoisotopic (exact) mass is 263 g/mol. The zero-order valence-electron chi connectivity index (χ0n) is 9.49. The number of nitrogens with zero attached hydrogens (tertiary/aromatic N) is 3. The second-order valence-electron chi connectivity index (χ2n) is 3.52. The maximum absolute atomic E-state index is 5.36. The molecule has 92 valence electrons. The highest BCUT2D eigenvalue weighted by molar-refractivity contribution is 7.13. The molecule has 0 N–H and O–H groups in total. The lowest BCUT2D eigenvalue weighted by molar-refractivity contribution is 0.192. The van der Waals surface area contributed by atoms with Gasteiger partial charge in [0.05, 0.1) is 4.88 Å². The predicted molar refractivity (Wildman–Crippen MR) is 63.2 cm³/mol. The van der Waals surface area contributed by atoms with Gasteiger partial charge in [-0.3, -0.25) is 4.52 Å². The highest BCUT2D eigenvalue weighted by atomic mass is 32.1. The third-order valence-electron chi connectivity index (χ3n) is 2.14. The zero-order valence-corrected chi connectivity index (χ0v) is 10.3. The lowest BCUT2D eigenvalue weighted by atomic mass is 10.5. The van der Waals surface area contributed by atoms with Gasteiger partial charge in [0.15, 0.2) is 5.82 Å². The van der Waals surface area contributed by atoms with Crippen LogP contribution in [0, 0.1) is 6.92 Å². The summed E-state index contributed by atoms with van der Waals surface area (Å²) >= 11 is 1.57. The molecule has 0 aliphatic rings. The van der Waals surface area contributed by atoms with Gasteiger partial charge in [0.2, 0.25) is 5.89 Å². The Hall–Kier alpha value is -2.15. The third kappa shape index (κ3) is 2.25. The van der Waals surface area contributed by atoms with Crippen molar-refractivity contribution in [1.82, 2.24) is 15.1 Å². The Balaban J connectivity index is 1.67. The number of ether oxygens (including phenoxy) is 1. The Labute approximate surface area is 106 Å². The summed E-state index contributed by atoms with van der Waals surface area (Å²) in [7, 11) is 0. The van der Waals surface area contributed by atoms with E-state index in [-0.39, 0.29) is 12.7 Å². The molecule has 0 amide bonds. The predicted octanol–water partition coefficient (Wildman–Crippen LogP) is 2.67. The fraction of sp³-hybridized carbons (Fsp3) is 0.182. The van der Waals surface area contributed by atoms with E-state index in [2.05, 4.69) is 15.1 Å². The molecule has 0 bridgehead atoms. The highest BCUT2D eigenvalue weighted by Gasteiger charge is 2.09. The molecule has 0 fully saturated rings. The van der Waals surface area contributed by atoms with Crippen LogP contribution in [0.2, 0.25) is 0 Å². The Morgan fingerprint density at radius 3 is 3.06 bits per heavy atom. The van der Waals surface area contributed by atoms with Crippen molar-refractivity contribution < 1.29 is 13.7 Å². The molecule has 0 atom stereocenters. The molecular weight excluding hydrogens is 254 g/mol. The molecule has 6 nitrogen and oxygen atoms in total. The van der Waals surface area contributed by atoms with E-state index in [1.807, 2.05) is 17.5 Å². The molecule has 3 aromatic heterocycles. The number of aryl methyl sites for hydroxylation is 1. The van der Waals surface area contributed by atoms with E-state index in [0.29, 0.717) is 17.4 Å². The number of hydrogen-bond donors (Lipinski definition) is 0. The van der Waals surface area contributed by atoms with Crippen molar-refractivity contribution in [2.45, 2.75) is 13.5 Å². The Morgan fingerprint density at radius 1 is 1.39 bits per heavy atom. The van der Waals surface area contributed by atoms with Crippen LogP contribution in [-0.2, 0) is 6.61 Å². The molecule has 3 aromatic rings. The number of aromatic nitrogens is 3. The summed E-state index contributed by atoms with van der Waals surface area (Å²) in [5, 5.41) is 5.59. The van der Waals surface area contributed by atoms with Crippen LogP contribution in [0.15, 0.2) is 32.7 Å². The summed E-state index contributed by atoms with van der Waals surface area (Å²) in [6, 6.07) is 3.89. The van der Waals surface area contributed by atoms with Crippen molar-refractivity contribution in [1.29, 1.82) is 0 Å². The first-order valence-electron chi connectivity index (χ1n) is 5.22. The van der Waals surface area contributed by atoms with Crippen LogP contribution < -0.4 is 4.74 Å². The van der Waals surface area contributed by atoms with Crippen molar-refractivity contribution >= 4 is 11.3 Å². The van der Waals surface area contributed by atoms with Crippen LogP contribution in [0.3, 0.4) is 0 Å². The summed E-state index contributed by atoms with van der Waals surface area (Å²) in [4.78, 5) is 9.21. The summed E-state index contributed by atoms with van der Waals surface area (Å²) in [5.74, 6) is 1.12. The SMILES string of the molecule is Cc1noc(OCc2coc(-c3cccs3)n2)n1. The van der Waals surface area contributed by atoms with E-state index >= 15 is 0 Å². The molecule has 0 saturated heterocycles. The summed E-state index contributed by atoms with van der Waals surface area (Å²) in [6.45, 7) is 1.96. The fourth-order valence-corrected chi connectivity index (χ4v) is 2.01. The molecule has 0 aliphatic heterocycles. The molecule has 7 heteroatoms. The van der Waals surface area contributed by atoms with Gasteiger partial charge < -0.3 is 9.15 Å². The fourth-order valence-electron chi connectivity index (χ4n) is 1.36. The lowest BCUT2D eigenvalue weighted by Crippen LogP contribution is -1.95. The van der Waals surface area contributed by atoms with Crippen LogP contribution in [0.4, 0.5) is 0 Å². The normalized spacial score (nSPS) is 10.7. The molecule has 0 unspecified atom stereocenters. The number of rotatable bonds is 4. The van der Waals surface area contributed by atoms with Gasteiger partial charge in [0.25, 0.3) is 0 Å². The maximum atomic E-state index is 5.36. The molecule has 0 spiro atoms. The van der Waals surface area contributed by atoms with Gasteiger partial charge in [-0.1, -0.05) is 11.2 Å². The lowest BCUT2D eigenvalue weighted by Gasteiger charge is -1.94. The van der Waals surface area contributed by atoms with Gasteiger partial charge >= 0.3 is 6.08 Å². The Morgan fingerprint density at radius 2 is 2.33 bits per heavy atom. The van der Waals surface area contributed by atoms with E-state index in [1.54, 1.807) is 24.5 Å². The van der Waals surface area contributed by atoms with E-state index in [0.717, 1.165) is 4.88 Å². The average molecular weight is 263 g/mol. The summed E-state index contributed by atoms with van der Waals surface area (Å²) in [5.41, 5.74) is 0.675. The molecular formula is C11H9N3O3S. The zero-order chi connectivity index (χ0) is 12.4. The molecule has 3 rings (SSSR count). The Kier molecular flexibility index (Phi) is 2.81. The van der Waals surface area contributed by atoms with E-state index in [4.69, 9.17) is 13.7 Å². The molecule has 0 aliphatic carbocycles. The van der Waals surface area contributed by atoms with E-state index in [1.165, 1.54) is 0 Å². The minimum atomic E-state index is 0.133. The standard InChI is InChI=1S/C11H9N3O3S/c1-7-12-11(17-14-7)16-6-8-5-15-10(13-8)9-3-2-4-18-9/h2-5H,6H2,1H3. The van der Waals surface area contributed by atoms with Gasteiger partial charge in [-0.2, -0.15) is 4.98 Å². The van der Waals surface area contributed by atoms with Gasteiger partial charge in [-0.25, -0.2) is 4.98 Å². The largest absolute Gasteiger partial charge is 0.443 e. The minimum absolute atomic E-state index is 0.133. The van der Waals surface area contributed by atoms with Crippen LogP contribution >= 0.6 is 11.3 Å². The summed E-state index contributed by atoms with van der Waals surface area (Å²) < 4.78 is 15.5. The van der Waals surface area contributed by atoms with Gasteiger partial charge in [0.1, 0.15) is 18.6 Å². The van der Waals surface area contributed by atoms with Crippen molar-refractivity contribution in [2.75, 3.05) is 0 Å². The first kappa shape index (κ1) is 11.0. The number of thiophene rings is 1. The first-order valence-corrected chi connectivity index (χ1v) is 6.10. The van der Waals surface area contributed by atoms with Crippen LogP contribution in [0.1, 0.15) is 11.5 Å². The van der Waals surface area contributed by atoms with Gasteiger partial charge in [0, 0.05) is 0 Å². The van der Waals surface area contributed by atoms with E-state index < -0.39 is 0 Å². The number of oxazole rings is 1. The van der Waals surface area contributed by atoms with Crippen molar-refractivity contribution in [3.05, 3.63) is 35.3 Å². The van der Waals surface area contributed by atoms with Crippen molar-refractivity contribution in [3.8, 4) is 16.8 Å². The van der Waals surface area contributed by atoms with E-state index in [9.17, 15) is 0 Å². The minimum Gasteiger partial charge on any atom is -0.443 e. The topological polar surface area (TPSA) is 74.2 Å². The van der Waals surface area contributed by atoms with Gasteiger partial charge in [-0.15, -0.1) is 11.3 Å². The second kappa shape index (κ2) is 4.61. The van der Waals surface area contributed by atoms with Crippen molar-refractivity contribution in [2.24, 2.45) is 0 Å². The van der Waals surface area contributed by atoms with Crippen LogP contribution in [-0.4, -0.2) is 15.1 Å². The second-order valence-corrected chi connectivity index (χ2v) is 4.47. The molecule has 0 saturated carbocycles. The van der Waals surface area contributed by atoms with Gasteiger partial charge in [-0.05, 0) is 18.4 Å². The summed E-state index contributed by atoms with van der Waals surface area (Å²) in [6.07, 6.45) is 1.69. The smallest absolute Gasteiger partial charge is 0.417 e. The van der Waals surface area contributed by atoms with Crippen molar-refractivity contribution in [3.63, 3.8) is 0 Å². The third-order valence-corrected chi connectivity index (χ3v) is 2.99. The molecule has 0 aromatic carbocycles. The highest BCUT2D eigenvalue weighted by Crippen LogP contribution is 2.23. The number of hydrogen-bond acceptors (Lipinski definition) is 7. The first-order chi connectivity index (χ1) is 8.81.